The Bertz CT molecular complexity index is 322. The molecule has 1 amide bonds. The van der Waals surface area contributed by atoms with Crippen molar-refractivity contribution in [2.24, 2.45) is 0 Å². The summed E-state index contributed by atoms with van der Waals surface area (Å²) in [5.74, 6) is -1.41. The standard InChI is InChI=1S/C7H8F2N2O2/c1-3-4(2)11-13-7(3)10-6(12)5(8)9/h5H,1-2H3,(H,10,12). The number of alkyl halides is 2. The molecule has 1 N–H and O–H groups in total. The second-order valence-electron chi connectivity index (χ2n) is 2.51. The molecule has 0 bridgehead atoms. The van der Waals surface area contributed by atoms with Crippen LogP contribution in [0.2, 0.25) is 0 Å². The third kappa shape index (κ3) is 2.01. The summed E-state index contributed by atoms with van der Waals surface area (Å²) in [6, 6.07) is 0. The molecule has 0 fully saturated rings. The van der Waals surface area contributed by atoms with Gasteiger partial charge in [-0.05, 0) is 13.8 Å². The smallest absolute Gasteiger partial charge is 0.315 e. The molecular formula is C7H8F2N2O2. The Morgan fingerprint density at radius 1 is 1.54 bits per heavy atom. The van der Waals surface area contributed by atoms with Gasteiger partial charge in [0.25, 0.3) is 5.91 Å². The van der Waals surface area contributed by atoms with E-state index in [9.17, 15) is 13.6 Å². The zero-order valence-corrected chi connectivity index (χ0v) is 7.10. The Balaban J connectivity index is 2.75. The van der Waals surface area contributed by atoms with Crippen LogP contribution in [-0.4, -0.2) is 17.5 Å². The van der Waals surface area contributed by atoms with Gasteiger partial charge in [-0.25, -0.2) is 0 Å². The molecule has 0 aliphatic heterocycles. The minimum Gasteiger partial charge on any atom is -0.338 e. The summed E-state index contributed by atoms with van der Waals surface area (Å²) in [4.78, 5) is 10.5. The highest BCUT2D eigenvalue weighted by Crippen LogP contribution is 2.17. The van der Waals surface area contributed by atoms with Gasteiger partial charge in [0.2, 0.25) is 5.88 Å². The van der Waals surface area contributed by atoms with Crippen LogP contribution in [0.15, 0.2) is 4.52 Å². The minimum absolute atomic E-state index is 0.0252. The van der Waals surface area contributed by atoms with Gasteiger partial charge in [-0.15, -0.1) is 0 Å². The fraction of sp³-hybridized carbons (Fsp3) is 0.429. The van der Waals surface area contributed by atoms with Crippen molar-refractivity contribution in [3.8, 4) is 0 Å². The van der Waals surface area contributed by atoms with E-state index in [4.69, 9.17) is 0 Å². The second kappa shape index (κ2) is 3.51. The molecule has 0 saturated heterocycles. The maximum absolute atomic E-state index is 11.8. The highest BCUT2D eigenvalue weighted by Gasteiger charge is 2.18. The Labute approximate surface area is 72.9 Å². The summed E-state index contributed by atoms with van der Waals surface area (Å²) in [5, 5.41) is 5.41. The molecular weight excluding hydrogens is 182 g/mol. The summed E-state index contributed by atoms with van der Waals surface area (Å²) in [5.41, 5.74) is 1.11. The summed E-state index contributed by atoms with van der Waals surface area (Å²) in [7, 11) is 0. The Kier molecular flexibility index (Phi) is 2.60. The number of hydrogen-bond donors (Lipinski definition) is 1. The number of nitrogens with zero attached hydrogens (tertiary/aromatic N) is 1. The first-order valence-electron chi connectivity index (χ1n) is 3.54. The van der Waals surface area contributed by atoms with Crippen molar-refractivity contribution in [1.82, 2.24) is 5.16 Å². The molecule has 1 rings (SSSR count). The molecule has 0 aromatic carbocycles. The number of nitrogens with one attached hydrogen (secondary N) is 1. The largest absolute Gasteiger partial charge is 0.338 e. The van der Waals surface area contributed by atoms with Crippen molar-refractivity contribution in [3.63, 3.8) is 0 Å². The third-order valence-corrected chi connectivity index (χ3v) is 1.59. The molecule has 0 spiro atoms. The molecule has 0 unspecified atom stereocenters. The zero-order chi connectivity index (χ0) is 10.0. The van der Waals surface area contributed by atoms with Crippen LogP contribution in [0.1, 0.15) is 11.3 Å². The lowest BCUT2D eigenvalue weighted by Gasteiger charge is -1.99. The molecule has 4 nitrogen and oxygen atoms in total. The van der Waals surface area contributed by atoms with E-state index in [-0.39, 0.29) is 5.88 Å². The van der Waals surface area contributed by atoms with Gasteiger partial charge in [0, 0.05) is 5.56 Å². The minimum atomic E-state index is -3.05. The molecule has 13 heavy (non-hydrogen) atoms. The van der Waals surface area contributed by atoms with E-state index in [1.54, 1.807) is 13.8 Å². The van der Waals surface area contributed by atoms with Crippen molar-refractivity contribution >= 4 is 11.8 Å². The highest BCUT2D eigenvalue weighted by molar-refractivity contribution is 5.92. The first-order chi connectivity index (χ1) is 6.02. The molecule has 0 atom stereocenters. The van der Waals surface area contributed by atoms with Crippen LogP contribution in [-0.2, 0) is 4.79 Å². The van der Waals surface area contributed by atoms with E-state index in [1.807, 2.05) is 5.32 Å². The van der Waals surface area contributed by atoms with Crippen LogP contribution in [0.5, 0.6) is 0 Å². The van der Waals surface area contributed by atoms with E-state index in [0.29, 0.717) is 11.3 Å². The number of carbonyl (C=O) groups is 1. The lowest BCUT2D eigenvalue weighted by atomic mass is 10.3. The summed E-state index contributed by atoms with van der Waals surface area (Å²) in [6.45, 7) is 3.27. The molecule has 1 aromatic heterocycles. The Morgan fingerprint density at radius 2 is 2.15 bits per heavy atom. The van der Waals surface area contributed by atoms with Crippen molar-refractivity contribution in [3.05, 3.63) is 11.3 Å². The molecule has 0 saturated carbocycles. The number of aryl methyl sites for hydroxylation is 1. The van der Waals surface area contributed by atoms with E-state index in [0.717, 1.165) is 0 Å². The van der Waals surface area contributed by atoms with Crippen LogP contribution >= 0.6 is 0 Å². The van der Waals surface area contributed by atoms with Gasteiger partial charge < -0.3 is 4.52 Å². The van der Waals surface area contributed by atoms with Gasteiger partial charge in [0.1, 0.15) is 0 Å². The number of amides is 1. The summed E-state index contributed by atoms with van der Waals surface area (Å²) in [6.07, 6.45) is -3.05. The van der Waals surface area contributed by atoms with Gasteiger partial charge in [0.05, 0.1) is 5.69 Å². The highest BCUT2D eigenvalue weighted by atomic mass is 19.3. The maximum atomic E-state index is 11.8. The van der Waals surface area contributed by atoms with E-state index < -0.39 is 12.3 Å². The number of rotatable bonds is 2. The summed E-state index contributed by atoms with van der Waals surface area (Å²) < 4.78 is 28.2. The van der Waals surface area contributed by atoms with Crippen molar-refractivity contribution in [2.75, 3.05) is 5.32 Å². The molecule has 72 valence electrons. The lowest BCUT2D eigenvalue weighted by molar-refractivity contribution is -0.126. The topological polar surface area (TPSA) is 55.1 Å². The zero-order valence-electron chi connectivity index (χ0n) is 7.10. The lowest BCUT2D eigenvalue weighted by Crippen LogP contribution is -2.20. The van der Waals surface area contributed by atoms with Gasteiger partial charge in [-0.3, -0.25) is 10.1 Å². The van der Waals surface area contributed by atoms with Crippen LogP contribution in [0.4, 0.5) is 14.7 Å². The molecule has 0 radical (unpaired) electrons. The van der Waals surface area contributed by atoms with Crippen molar-refractivity contribution in [2.45, 2.75) is 20.3 Å². The second-order valence-corrected chi connectivity index (χ2v) is 2.51. The molecule has 0 aliphatic carbocycles. The molecule has 0 aliphatic rings. The van der Waals surface area contributed by atoms with Gasteiger partial charge >= 0.3 is 6.43 Å². The fourth-order valence-electron chi connectivity index (χ4n) is 0.698. The van der Waals surface area contributed by atoms with E-state index >= 15 is 0 Å². The molecule has 1 aromatic rings. The fourth-order valence-corrected chi connectivity index (χ4v) is 0.698. The number of halogens is 2. The maximum Gasteiger partial charge on any atom is 0.315 e. The van der Waals surface area contributed by atoms with E-state index in [1.165, 1.54) is 0 Å². The summed E-state index contributed by atoms with van der Waals surface area (Å²) >= 11 is 0. The molecule has 1 heterocycles. The number of carbonyl (C=O) groups excluding carboxylic acids is 1. The normalized spacial score (nSPS) is 10.5. The average molecular weight is 190 g/mol. The van der Waals surface area contributed by atoms with Crippen LogP contribution in [0.3, 0.4) is 0 Å². The van der Waals surface area contributed by atoms with Crippen LogP contribution in [0.25, 0.3) is 0 Å². The van der Waals surface area contributed by atoms with Gasteiger partial charge in [-0.2, -0.15) is 8.78 Å². The third-order valence-electron chi connectivity index (χ3n) is 1.59. The predicted molar refractivity (Wildman–Crippen MR) is 40.6 cm³/mol. The molecule has 6 heteroatoms. The van der Waals surface area contributed by atoms with Gasteiger partial charge in [-0.1, -0.05) is 5.16 Å². The van der Waals surface area contributed by atoms with Crippen molar-refractivity contribution < 1.29 is 18.1 Å². The predicted octanol–water partition coefficient (Wildman–Crippen LogP) is 1.50. The first-order valence-corrected chi connectivity index (χ1v) is 3.54. The average Bonchev–Trinajstić information content (AvgIpc) is 2.36. The van der Waals surface area contributed by atoms with Crippen molar-refractivity contribution in [1.29, 1.82) is 0 Å². The SMILES string of the molecule is Cc1noc(NC(=O)C(F)F)c1C. The number of aromatic nitrogens is 1. The first kappa shape index (κ1) is 9.63. The van der Waals surface area contributed by atoms with Gasteiger partial charge in [0.15, 0.2) is 0 Å². The monoisotopic (exact) mass is 190 g/mol. The number of hydrogen-bond acceptors (Lipinski definition) is 3. The Morgan fingerprint density at radius 3 is 2.54 bits per heavy atom. The quantitative estimate of drug-likeness (QED) is 0.768. The van der Waals surface area contributed by atoms with Crippen LogP contribution in [0, 0.1) is 13.8 Å². The number of anilines is 1. The van der Waals surface area contributed by atoms with E-state index in [2.05, 4.69) is 9.68 Å². The Hall–Kier alpha value is -1.46. The van der Waals surface area contributed by atoms with Crippen LogP contribution < -0.4 is 5.32 Å².